The van der Waals surface area contributed by atoms with Crippen molar-refractivity contribution < 1.29 is 4.79 Å². The van der Waals surface area contributed by atoms with Crippen molar-refractivity contribution in [3.8, 4) is 5.69 Å². The van der Waals surface area contributed by atoms with Gasteiger partial charge in [0.05, 0.1) is 23.5 Å². The number of nitrogens with zero attached hydrogens (tertiary/aromatic N) is 5. The Labute approximate surface area is 210 Å². The smallest absolute Gasteiger partial charge is 0.227 e. The molecule has 2 fully saturated rings. The van der Waals surface area contributed by atoms with Crippen LogP contribution in [0.4, 0.5) is 0 Å². The highest BCUT2D eigenvalue weighted by Gasteiger charge is 2.32. The molecule has 5 rings (SSSR count). The maximum Gasteiger partial charge on any atom is 0.227 e. The molecule has 180 valence electrons. The Morgan fingerprint density at radius 1 is 1.03 bits per heavy atom. The van der Waals surface area contributed by atoms with Crippen LogP contribution in [0.2, 0.25) is 0 Å². The molecule has 7 heteroatoms. The molecule has 0 bridgehead atoms. The number of fused-ring (bicyclic) bond motifs is 1. The molecule has 6 nitrogen and oxygen atoms in total. The number of para-hydroxylation sites is 2. The third-order valence-electron chi connectivity index (χ3n) is 7.29. The summed E-state index contributed by atoms with van der Waals surface area (Å²) in [5, 5.41) is 0. The second kappa shape index (κ2) is 10.2. The first-order valence-corrected chi connectivity index (χ1v) is 13.3. The van der Waals surface area contributed by atoms with Crippen LogP contribution in [0.15, 0.2) is 53.0 Å². The van der Waals surface area contributed by atoms with Crippen molar-refractivity contribution in [3.63, 3.8) is 0 Å². The van der Waals surface area contributed by atoms with Crippen LogP contribution in [-0.2, 0) is 11.3 Å². The number of hydrogen-bond acceptors (Lipinski definition) is 4. The highest BCUT2D eigenvalue weighted by Crippen LogP contribution is 2.26. The molecule has 2 saturated heterocycles. The number of halogens is 1. The van der Waals surface area contributed by atoms with E-state index in [9.17, 15) is 4.79 Å². The largest absolute Gasteiger partial charge is 0.340 e. The van der Waals surface area contributed by atoms with Gasteiger partial charge < -0.3 is 4.90 Å². The molecule has 1 atom stereocenters. The summed E-state index contributed by atoms with van der Waals surface area (Å²) in [7, 11) is 0. The molecule has 1 amide bonds. The van der Waals surface area contributed by atoms with Crippen LogP contribution in [-0.4, -0.2) is 75.5 Å². The Morgan fingerprint density at radius 3 is 2.50 bits per heavy atom. The molecule has 3 heterocycles. The number of piperazine rings is 1. The molecule has 0 spiro atoms. The lowest BCUT2D eigenvalue weighted by molar-refractivity contribution is -0.139. The first-order valence-electron chi connectivity index (χ1n) is 12.5. The van der Waals surface area contributed by atoms with Crippen molar-refractivity contribution in [3.05, 3.63) is 58.8 Å². The van der Waals surface area contributed by atoms with E-state index in [4.69, 9.17) is 4.98 Å². The average Bonchev–Trinajstić information content (AvgIpc) is 3.22. The first-order chi connectivity index (χ1) is 16.5. The van der Waals surface area contributed by atoms with Crippen LogP contribution in [0.3, 0.4) is 0 Å². The molecule has 0 radical (unpaired) electrons. The number of piperidine rings is 1. The third kappa shape index (κ3) is 4.92. The van der Waals surface area contributed by atoms with E-state index in [-0.39, 0.29) is 5.92 Å². The second-order valence-electron chi connectivity index (χ2n) is 9.86. The van der Waals surface area contributed by atoms with E-state index in [0.717, 1.165) is 85.7 Å². The summed E-state index contributed by atoms with van der Waals surface area (Å²) in [5.41, 5.74) is 3.24. The van der Waals surface area contributed by atoms with E-state index in [1.807, 2.05) is 6.07 Å². The highest BCUT2D eigenvalue weighted by molar-refractivity contribution is 9.10. The van der Waals surface area contributed by atoms with Gasteiger partial charge in [-0.15, -0.1) is 0 Å². The van der Waals surface area contributed by atoms with E-state index in [0.29, 0.717) is 11.9 Å². The van der Waals surface area contributed by atoms with E-state index >= 15 is 0 Å². The van der Waals surface area contributed by atoms with Crippen LogP contribution in [0.1, 0.15) is 32.5 Å². The van der Waals surface area contributed by atoms with Crippen LogP contribution < -0.4 is 0 Å². The molecular formula is C27H34BrN5O. The third-order valence-corrected chi connectivity index (χ3v) is 7.82. The topological polar surface area (TPSA) is 44.6 Å². The van der Waals surface area contributed by atoms with Crippen molar-refractivity contribution in [2.45, 2.75) is 39.3 Å². The Hall–Kier alpha value is -2.22. The lowest BCUT2D eigenvalue weighted by Crippen LogP contribution is -2.53. The molecule has 0 unspecified atom stereocenters. The van der Waals surface area contributed by atoms with Crippen molar-refractivity contribution in [1.82, 2.24) is 24.3 Å². The number of carbonyl (C=O) groups excluding carboxylic acids is 1. The van der Waals surface area contributed by atoms with Crippen molar-refractivity contribution >= 4 is 32.9 Å². The summed E-state index contributed by atoms with van der Waals surface area (Å²) >= 11 is 3.55. The first kappa shape index (κ1) is 23.5. The van der Waals surface area contributed by atoms with E-state index < -0.39 is 0 Å². The molecule has 0 aliphatic carbocycles. The van der Waals surface area contributed by atoms with E-state index in [1.165, 1.54) is 0 Å². The number of aromatic nitrogens is 2. The monoisotopic (exact) mass is 523 g/mol. The van der Waals surface area contributed by atoms with Gasteiger partial charge in [0.25, 0.3) is 0 Å². The zero-order valence-electron chi connectivity index (χ0n) is 20.2. The lowest BCUT2D eigenvalue weighted by atomic mass is 9.96. The fraction of sp³-hybridized carbons (Fsp3) is 0.481. The summed E-state index contributed by atoms with van der Waals surface area (Å²) < 4.78 is 3.33. The van der Waals surface area contributed by atoms with Gasteiger partial charge in [0, 0.05) is 48.9 Å². The van der Waals surface area contributed by atoms with Gasteiger partial charge in [-0.1, -0.05) is 28.1 Å². The SMILES string of the molecule is CC(C)N1CCN(C(=O)[C@H]2CCCN(Cc3nc4ccccc4n3-c3ccc(Br)cc3)C2)CC1. The van der Waals surface area contributed by atoms with Crippen LogP contribution in [0.5, 0.6) is 0 Å². The van der Waals surface area contributed by atoms with Crippen molar-refractivity contribution in [2.75, 3.05) is 39.3 Å². The molecule has 2 aromatic carbocycles. The van der Waals surface area contributed by atoms with Gasteiger partial charge in [-0.2, -0.15) is 0 Å². The molecule has 1 aromatic heterocycles. The Kier molecular flexibility index (Phi) is 7.04. The van der Waals surface area contributed by atoms with E-state index in [2.05, 4.69) is 91.5 Å². The predicted molar refractivity (Wildman–Crippen MR) is 140 cm³/mol. The number of imidazole rings is 1. The molecule has 0 saturated carbocycles. The fourth-order valence-electron chi connectivity index (χ4n) is 5.38. The number of likely N-dealkylation sites (tertiary alicyclic amines) is 1. The van der Waals surface area contributed by atoms with Gasteiger partial charge in [-0.05, 0) is 69.6 Å². The normalized spacial score (nSPS) is 20.4. The van der Waals surface area contributed by atoms with Gasteiger partial charge in [0.1, 0.15) is 5.82 Å². The molecule has 3 aromatic rings. The number of rotatable bonds is 5. The van der Waals surface area contributed by atoms with Crippen molar-refractivity contribution in [1.29, 1.82) is 0 Å². The lowest BCUT2D eigenvalue weighted by Gasteiger charge is -2.40. The van der Waals surface area contributed by atoms with Crippen molar-refractivity contribution in [2.24, 2.45) is 5.92 Å². The zero-order chi connectivity index (χ0) is 23.7. The minimum atomic E-state index is 0.0878. The fourth-order valence-corrected chi connectivity index (χ4v) is 5.64. The Balaban J connectivity index is 1.32. The standard InChI is InChI=1S/C27H34BrN5O/c1-20(2)31-14-16-32(17-15-31)27(34)21-6-5-13-30(18-21)19-26-29-24-7-3-4-8-25(24)33(26)23-11-9-22(28)10-12-23/h3-4,7-12,20-21H,5-6,13-19H2,1-2H3/t21-/m0/s1. The minimum absolute atomic E-state index is 0.0878. The summed E-state index contributed by atoms with van der Waals surface area (Å²) in [4.78, 5) is 25.3. The predicted octanol–water partition coefficient (Wildman–Crippen LogP) is 4.55. The molecule has 34 heavy (non-hydrogen) atoms. The number of hydrogen-bond donors (Lipinski definition) is 0. The maximum atomic E-state index is 13.3. The zero-order valence-corrected chi connectivity index (χ0v) is 21.7. The van der Waals surface area contributed by atoms with Gasteiger partial charge in [0.2, 0.25) is 5.91 Å². The molecule has 0 N–H and O–H groups in total. The van der Waals surface area contributed by atoms with Crippen LogP contribution in [0.25, 0.3) is 16.7 Å². The average molecular weight is 525 g/mol. The number of carbonyl (C=O) groups is 1. The second-order valence-corrected chi connectivity index (χ2v) is 10.8. The summed E-state index contributed by atoms with van der Waals surface area (Å²) in [6.45, 7) is 10.7. The van der Waals surface area contributed by atoms with Gasteiger partial charge >= 0.3 is 0 Å². The Morgan fingerprint density at radius 2 is 1.76 bits per heavy atom. The number of benzene rings is 2. The maximum absolute atomic E-state index is 13.3. The molecule has 2 aliphatic rings. The highest BCUT2D eigenvalue weighted by atomic mass is 79.9. The van der Waals surface area contributed by atoms with E-state index in [1.54, 1.807) is 0 Å². The summed E-state index contributed by atoms with van der Waals surface area (Å²) in [6, 6.07) is 17.3. The molecular weight excluding hydrogens is 490 g/mol. The number of amides is 1. The Bertz CT molecular complexity index is 1130. The van der Waals surface area contributed by atoms with Crippen LogP contribution in [0, 0.1) is 5.92 Å². The minimum Gasteiger partial charge on any atom is -0.340 e. The van der Waals surface area contributed by atoms with Gasteiger partial charge in [-0.25, -0.2) is 4.98 Å². The van der Waals surface area contributed by atoms with Gasteiger partial charge in [0.15, 0.2) is 0 Å². The summed E-state index contributed by atoms with van der Waals surface area (Å²) in [5.74, 6) is 1.46. The van der Waals surface area contributed by atoms with Crippen LogP contribution >= 0.6 is 15.9 Å². The molecule has 2 aliphatic heterocycles. The van der Waals surface area contributed by atoms with Gasteiger partial charge in [-0.3, -0.25) is 19.2 Å². The quantitative estimate of drug-likeness (QED) is 0.491. The summed E-state index contributed by atoms with van der Waals surface area (Å²) in [6.07, 6.45) is 2.05.